The van der Waals surface area contributed by atoms with E-state index in [2.05, 4.69) is 10.2 Å². The molecule has 1 aliphatic rings. The summed E-state index contributed by atoms with van der Waals surface area (Å²) >= 11 is 0. The number of aliphatic hydroxyl groups excluding tert-OH is 3. The van der Waals surface area contributed by atoms with Gasteiger partial charge >= 0.3 is 0 Å². The highest BCUT2D eigenvalue weighted by Crippen LogP contribution is 2.51. The fourth-order valence-electron chi connectivity index (χ4n) is 5.78. The minimum atomic E-state index is -1.66. The van der Waals surface area contributed by atoms with Crippen LogP contribution in [0.25, 0.3) is 0 Å². The zero-order chi connectivity index (χ0) is 29.5. The molecule has 4 atom stereocenters. The molecule has 0 spiro atoms. The number of amides is 1. The van der Waals surface area contributed by atoms with E-state index in [1.165, 1.54) is 12.1 Å². The van der Waals surface area contributed by atoms with Gasteiger partial charge in [0.05, 0.1) is 18.2 Å². The van der Waals surface area contributed by atoms with Crippen LogP contribution >= 0.6 is 0 Å². The van der Waals surface area contributed by atoms with Crippen LogP contribution in [0.4, 0.5) is 10.1 Å². The Kier molecular flexibility index (Phi) is 10.3. The Balaban J connectivity index is 1.78. The molecule has 4 rings (SSSR count). The van der Waals surface area contributed by atoms with Crippen LogP contribution in [0.2, 0.25) is 0 Å². The topological polar surface area (TPSA) is 113 Å². The Bertz CT molecular complexity index is 1300. The number of nitrogens with one attached hydrogen (secondary N) is 1. The van der Waals surface area contributed by atoms with Crippen LogP contribution in [0.5, 0.6) is 0 Å². The zero-order valence-electron chi connectivity index (χ0n) is 23.4. The fourth-order valence-corrected chi connectivity index (χ4v) is 5.78. The van der Waals surface area contributed by atoms with Crippen molar-refractivity contribution in [3.63, 3.8) is 0 Å². The number of benzene rings is 3. The molecule has 41 heavy (non-hydrogen) atoms. The first-order chi connectivity index (χ1) is 19.7. The summed E-state index contributed by atoms with van der Waals surface area (Å²) in [5.41, 5.74) is 3.89. The molecule has 5 N–H and O–H groups in total. The van der Waals surface area contributed by atoms with E-state index in [4.69, 9.17) is 0 Å². The largest absolute Gasteiger partial charge is 0.393 e. The molecule has 0 aliphatic carbocycles. The Morgan fingerprint density at radius 1 is 0.829 bits per heavy atom. The van der Waals surface area contributed by atoms with Crippen molar-refractivity contribution in [2.45, 2.75) is 63.6 Å². The van der Waals surface area contributed by atoms with Gasteiger partial charge in [0.15, 0.2) is 6.29 Å². The van der Waals surface area contributed by atoms with Crippen LogP contribution in [0.1, 0.15) is 56.2 Å². The molecule has 0 fully saturated rings. The molecule has 1 amide bonds. The van der Waals surface area contributed by atoms with Crippen LogP contribution in [0, 0.1) is 11.7 Å². The van der Waals surface area contributed by atoms with E-state index in [9.17, 15) is 29.6 Å². The zero-order valence-corrected chi connectivity index (χ0v) is 23.4. The molecule has 0 aromatic heterocycles. The van der Waals surface area contributed by atoms with E-state index < -0.39 is 18.5 Å². The summed E-state index contributed by atoms with van der Waals surface area (Å²) in [6.07, 6.45) is -3.65. The van der Waals surface area contributed by atoms with Gasteiger partial charge in [0.1, 0.15) is 5.82 Å². The van der Waals surface area contributed by atoms with Crippen molar-refractivity contribution in [1.82, 2.24) is 4.90 Å². The minimum absolute atomic E-state index is 0.0170. The number of carbonyl (C=O) groups is 1. The van der Waals surface area contributed by atoms with Crippen LogP contribution in [0.3, 0.4) is 0 Å². The van der Waals surface area contributed by atoms with Gasteiger partial charge in [0.25, 0.3) is 5.91 Å². The third-order valence-corrected chi connectivity index (χ3v) is 7.47. The van der Waals surface area contributed by atoms with Crippen LogP contribution < -0.4 is 5.32 Å². The Morgan fingerprint density at radius 2 is 1.44 bits per heavy atom. The normalized spacial score (nSPS) is 18.7. The molecule has 8 heteroatoms. The van der Waals surface area contributed by atoms with Crippen LogP contribution in [-0.4, -0.2) is 56.3 Å². The standard InChI is InChI=1S/C33H39FN2O5/c1-21(2)31-30(33(41)35-25-11-7-4-8-12-25)29(22-9-5-3-6-10-22)32(23-13-15-24(34)16-14-23)36(31)18-17-26(37)19-27(38)20-28(39)40/h3-16,21,26-29,32,37-40H,17-20H2,1-2H3,(H,35,41)/t26-,27-,29?,32?/m1/s1. The highest BCUT2D eigenvalue weighted by molar-refractivity contribution is 6.06. The predicted octanol–water partition coefficient (Wildman–Crippen LogP) is 4.72. The minimum Gasteiger partial charge on any atom is -0.393 e. The highest BCUT2D eigenvalue weighted by atomic mass is 19.1. The van der Waals surface area contributed by atoms with Gasteiger partial charge in [0.2, 0.25) is 0 Å². The summed E-state index contributed by atoms with van der Waals surface area (Å²) < 4.78 is 14.0. The SMILES string of the molecule is CC(C)C1=C(C(=O)Nc2ccccc2)C(c2ccccc2)C(c2ccc(F)cc2)N1CC[C@@H](O)C[C@@H](O)CC(O)O. The number of anilines is 1. The van der Waals surface area contributed by atoms with Crippen LogP contribution in [0.15, 0.2) is 96.2 Å². The first kappa shape index (κ1) is 30.4. The summed E-state index contributed by atoms with van der Waals surface area (Å²) in [6, 6.07) is 25.0. The Morgan fingerprint density at radius 3 is 2.02 bits per heavy atom. The summed E-state index contributed by atoms with van der Waals surface area (Å²) in [5.74, 6) is -1.02. The number of hydrogen-bond acceptors (Lipinski definition) is 6. The van der Waals surface area contributed by atoms with Gasteiger partial charge in [-0.2, -0.15) is 0 Å². The van der Waals surface area contributed by atoms with Crippen LogP contribution in [-0.2, 0) is 4.79 Å². The molecule has 0 radical (unpaired) electrons. The highest BCUT2D eigenvalue weighted by Gasteiger charge is 2.45. The van der Waals surface area contributed by atoms with E-state index >= 15 is 0 Å². The number of nitrogens with zero attached hydrogens (tertiary/aromatic N) is 1. The van der Waals surface area contributed by atoms with E-state index in [-0.39, 0.29) is 48.9 Å². The first-order valence-electron chi connectivity index (χ1n) is 14.1. The number of para-hydroxylation sites is 1. The smallest absolute Gasteiger partial charge is 0.254 e. The molecule has 0 saturated carbocycles. The van der Waals surface area contributed by atoms with E-state index in [0.717, 1.165) is 16.8 Å². The van der Waals surface area contributed by atoms with Crippen molar-refractivity contribution in [2.75, 3.05) is 11.9 Å². The van der Waals surface area contributed by atoms with Gasteiger partial charge in [-0.3, -0.25) is 4.79 Å². The molecular weight excluding hydrogens is 523 g/mol. The van der Waals surface area contributed by atoms with Gasteiger partial charge in [-0.05, 0) is 54.2 Å². The van der Waals surface area contributed by atoms with Crippen molar-refractivity contribution in [1.29, 1.82) is 0 Å². The van der Waals surface area contributed by atoms with Gasteiger partial charge in [0, 0.05) is 35.8 Å². The lowest BCUT2D eigenvalue weighted by Crippen LogP contribution is -2.32. The molecule has 3 aromatic carbocycles. The van der Waals surface area contributed by atoms with E-state index in [1.54, 1.807) is 12.1 Å². The molecular formula is C33H39FN2O5. The number of carbonyl (C=O) groups excluding carboxylic acids is 1. The maximum Gasteiger partial charge on any atom is 0.254 e. The maximum atomic E-state index is 14.1. The summed E-state index contributed by atoms with van der Waals surface area (Å²) in [6.45, 7) is 4.41. The number of halogens is 1. The lowest BCUT2D eigenvalue weighted by atomic mass is 9.82. The third-order valence-electron chi connectivity index (χ3n) is 7.47. The number of hydrogen-bond donors (Lipinski definition) is 5. The Hall–Kier alpha value is -3.56. The third kappa shape index (κ3) is 7.59. The molecule has 7 nitrogen and oxygen atoms in total. The molecule has 3 aromatic rings. The molecule has 0 bridgehead atoms. The van der Waals surface area contributed by atoms with E-state index in [0.29, 0.717) is 17.8 Å². The second-order valence-corrected chi connectivity index (χ2v) is 10.9. The number of allylic oxidation sites excluding steroid dienone is 1. The van der Waals surface area contributed by atoms with Crippen molar-refractivity contribution in [2.24, 2.45) is 5.92 Å². The Labute approximate surface area is 240 Å². The predicted molar refractivity (Wildman–Crippen MR) is 156 cm³/mol. The quantitative estimate of drug-likeness (QED) is 0.204. The molecule has 2 unspecified atom stereocenters. The molecule has 1 heterocycles. The lowest BCUT2D eigenvalue weighted by molar-refractivity contribution is -0.113. The second-order valence-electron chi connectivity index (χ2n) is 10.9. The molecule has 1 aliphatic heterocycles. The monoisotopic (exact) mass is 562 g/mol. The van der Waals surface area contributed by atoms with Gasteiger partial charge in [-0.15, -0.1) is 0 Å². The lowest BCUT2D eigenvalue weighted by Gasteiger charge is -2.35. The first-order valence-corrected chi connectivity index (χ1v) is 14.1. The molecule has 218 valence electrons. The van der Waals surface area contributed by atoms with Gasteiger partial charge < -0.3 is 30.6 Å². The summed E-state index contributed by atoms with van der Waals surface area (Å²) in [5, 5.41) is 42.3. The van der Waals surface area contributed by atoms with Crippen molar-refractivity contribution >= 4 is 11.6 Å². The van der Waals surface area contributed by atoms with Crippen molar-refractivity contribution in [3.05, 3.63) is 113 Å². The average molecular weight is 563 g/mol. The second kappa shape index (κ2) is 13.9. The fraction of sp³-hybridized carbons (Fsp3) is 0.364. The van der Waals surface area contributed by atoms with Gasteiger partial charge in [-0.1, -0.05) is 74.5 Å². The van der Waals surface area contributed by atoms with E-state index in [1.807, 2.05) is 74.5 Å². The van der Waals surface area contributed by atoms with Crippen molar-refractivity contribution in [3.8, 4) is 0 Å². The average Bonchev–Trinajstić information content (AvgIpc) is 3.28. The number of aliphatic hydroxyl groups is 4. The molecule has 0 saturated heterocycles. The van der Waals surface area contributed by atoms with Gasteiger partial charge in [-0.25, -0.2) is 4.39 Å². The van der Waals surface area contributed by atoms with Crippen molar-refractivity contribution < 1.29 is 29.6 Å². The maximum absolute atomic E-state index is 14.1. The number of rotatable bonds is 12. The summed E-state index contributed by atoms with van der Waals surface area (Å²) in [7, 11) is 0. The summed E-state index contributed by atoms with van der Waals surface area (Å²) in [4.78, 5) is 16.2.